The number of nitrogens with one attached hydrogen (secondary N) is 1. The van der Waals surface area contributed by atoms with Gasteiger partial charge in [0.05, 0.1) is 22.3 Å². The lowest BCUT2D eigenvalue weighted by molar-refractivity contribution is -0.132. The highest BCUT2D eigenvalue weighted by Gasteiger charge is 2.16. The number of halogens is 3. The van der Waals surface area contributed by atoms with Crippen molar-refractivity contribution in [2.24, 2.45) is 0 Å². The lowest BCUT2D eigenvalue weighted by Crippen LogP contribution is -2.38. The molecule has 0 saturated carbocycles. The first-order valence-corrected chi connectivity index (χ1v) is 8.37. The Balaban J connectivity index is 1.99. The topological polar surface area (TPSA) is 49.4 Å². The largest absolute Gasteiger partial charge is 0.333 e. The molecular formula is C18H17Cl2FN2O2. The molecular weight excluding hydrogens is 366 g/mol. The van der Waals surface area contributed by atoms with Crippen LogP contribution in [0.1, 0.15) is 12.5 Å². The van der Waals surface area contributed by atoms with E-state index in [1.54, 1.807) is 36.4 Å². The van der Waals surface area contributed by atoms with Gasteiger partial charge >= 0.3 is 0 Å². The molecule has 4 nitrogen and oxygen atoms in total. The smallest absolute Gasteiger partial charge is 0.244 e. The maximum Gasteiger partial charge on any atom is 0.244 e. The van der Waals surface area contributed by atoms with E-state index < -0.39 is 5.91 Å². The lowest BCUT2D eigenvalue weighted by Gasteiger charge is -2.21. The second kappa shape index (κ2) is 8.83. The Hall–Kier alpha value is -2.11. The molecule has 0 heterocycles. The summed E-state index contributed by atoms with van der Waals surface area (Å²) >= 11 is 11.9. The first-order chi connectivity index (χ1) is 11.9. The predicted molar refractivity (Wildman–Crippen MR) is 97.4 cm³/mol. The van der Waals surface area contributed by atoms with Crippen LogP contribution in [0.15, 0.2) is 42.5 Å². The van der Waals surface area contributed by atoms with Gasteiger partial charge in [-0.2, -0.15) is 0 Å². The predicted octanol–water partition coefficient (Wildman–Crippen LogP) is 4.16. The molecule has 0 spiro atoms. The van der Waals surface area contributed by atoms with E-state index in [0.29, 0.717) is 22.7 Å². The fraction of sp³-hybridized carbons (Fsp3) is 0.222. The zero-order chi connectivity index (χ0) is 18.4. The van der Waals surface area contributed by atoms with Crippen molar-refractivity contribution in [2.45, 2.75) is 13.3 Å². The van der Waals surface area contributed by atoms with Crippen LogP contribution in [0.2, 0.25) is 10.0 Å². The van der Waals surface area contributed by atoms with E-state index in [2.05, 4.69) is 5.32 Å². The van der Waals surface area contributed by atoms with Crippen molar-refractivity contribution in [2.75, 3.05) is 18.4 Å². The van der Waals surface area contributed by atoms with Gasteiger partial charge in [0, 0.05) is 13.5 Å². The summed E-state index contributed by atoms with van der Waals surface area (Å²) in [7, 11) is 0. The Labute approximate surface area is 155 Å². The van der Waals surface area contributed by atoms with Crippen LogP contribution in [0, 0.1) is 5.82 Å². The fourth-order valence-electron chi connectivity index (χ4n) is 2.27. The van der Waals surface area contributed by atoms with Crippen LogP contribution in [-0.4, -0.2) is 29.8 Å². The SMILES string of the molecule is CC(=O)N(CCc1ccccc1F)CC(=O)Nc1cccc(Cl)c1Cl. The van der Waals surface area contributed by atoms with E-state index in [4.69, 9.17) is 23.2 Å². The van der Waals surface area contributed by atoms with E-state index in [1.165, 1.54) is 17.9 Å². The number of carbonyl (C=O) groups excluding carboxylic acids is 2. The molecule has 0 fully saturated rings. The highest BCUT2D eigenvalue weighted by atomic mass is 35.5. The zero-order valence-corrected chi connectivity index (χ0v) is 15.1. The molecule has 0 bridgehead atoms. The summed E-state index contributed by atoms with van der Waals surface area (Å²) in [6.45, 7) is 1.43. The van der Waals surface area contributed by atoms with Gasteiger partial charge in [0.15, 0.2) is 0 Å². The van der Waals surface area contributed by atoms with Gasteiger partial charge in [-0.25, -0.2) is 4.39 Å². The standard InChI is InChI=1S/C18H17Cl2FN2O2/c1-12(24)23(10-9-13-5-2-3-7-15(13)21)11-17(25)22-16-8-4-6-14(19)18(16)20/h2-8H,9-11H2,1H3,(H,22,25). The average molecular weight is 383 g/mol. The van der Waals surface area contributed by atoms with Crippen LogP contribution >= 0.6 is 23.2 Å². The highest BCUT2D eigenvalue weighted by molar-refractivity contribution is 6.44. The van der Waals surface area contributed by atoms with Crippen molar-refractivity contribution < 1.29 is 14.0 Å². The molecule has 1 N–H and O–H groups in total. The maximum atomic E-state index is 13.7. The number of nitrogens with zero attached hydrogens (tertiary/aromatic N) is 1. The Kier molecular flexibility index (Phi) is 6.79. The summed E-state index contributed by atoms with van der Waals surface area (Å²) in [6.07, 6.45) is 0.317. The minimum absolute atomic E-state index is 0.160. The first-order valence-electron chi connectivity index (χ1n) is 7.61. The van der Waals surface area contributed by atoms with E-state index in [1.807, 2.05) is 0 Å². The summed E-state index contributed by atoms with van der Waals surface area (Å²) < 4.78 is 13.7. The van der Waals surface area contributed by atoms with Crippen LogP contribution in [0.5, 0.6) is 0 Å². The minimum atomic E-state index is -0.409. The molecule has 2 aromatic rings. The average Bonchev–Trinajstić information content (AvgIpc) is 2.57. The number of hydrogen-bond donors (Lipinski definition) is 1. The number of rotatable bonds is 6. The van der Waals surface area contributed by atoms with Gasteiger partial charge in [-0.1, -0.05) is 47.5 Å². The molecule has 0 atom stereocenters. The molecule has 0 aliphatic carbocycles. The summed E-state index contributed by atoms with van der Waals surface area (Å²) in [6, 6.07) is 11.2. The van der Waals surface area contributed by atoms with Gasteiger partial charge in [0.2, 0.25) is 11.8 Å². The molecule has 2 aromatic carbocycles. The van der Waals surface area contributed by atoms with Crippen molar-refractivity contribution in [1.82, 2.24) is 4.90 Å². The Morgan fingerprint density at radius 3 is 2.52 bits per heavy atom. The number of hydrogen-bond acceptors (Lipinski definition) is 2. The summed E-state index contributed by atoms with van der Waals surface area (Å²) in [5, 5.41) is 3.18. The molecule has 0 aliphatic heterocycles. The number of benzene rings is 2. The normalized spacial score (nSPS) is 10.4. The first kappa shape index (κ1) is 19.2. The van der Waals surface area contributed by atoms with Crippen molar-refractivity contribution >= 4 is 40.7 Å². The summed E-state index contributed by atoms with van der Waals surface area (Å²) in [5.74, 6) is -1.02. The van der Waals surface area contributed by atoms with Crippen LogP contribution < -0.4 is 5.32 Å². The molecule has 7 heteroatoms. The van der Waals surface area contributed by atoms with Crippen LogP contribution in [0.25, 0.3) is 0 Å². The lowest BCUT2D eigenvalue weighted by atomic mass is 10.1. The molecule has 2 amide bonds. The van der Waals surface area contributed by atoms with E-state index in [0.717, 1.165) is 0 Å². The van der Waals surface area contributed by atoms with Crippen molar-refractivity contribution in [3.8, 4) is 0 Å². The minimum Gasteiger partial charge on any atom is -0.333 e. The van der Waals surface area contributed by atoms with Crippen LogP contribution in [0.4, 0.5) is 10.1 Å². The second-order valence-corrected chi connectivity index (χ2v) is 6.22. The third-order valence-electron chi connectivity index (χ3n) is 3.61. The van der Waals surface area contributed by atoms with Crippen LogP contribution in [0.3, 0.4) is 0 Å². The summed E-state index contributed by atoms with van der Waals surface area (Å²) in [4.78, 5) is 25.3. The monoisotopic (exact) mass is 382 g/mol. The third kappa shape index (κ3) is 5.44. The maximum absolute atomic E-state index is 13.7. The van der Waals surface area contributed by atoms with Crippen molar-refractivity contribution in [3.05, 3.63) is 63.9 Å². The second-order valence-electron chi connectivity index (χ2n) is 5.43. The quantitative estimate of drug-likeness (QED) is 0.814. The van der Waals surface area contributed by atoms with Gasteiger partial charge in [-0.15, -0.1) is 0 Å². The van der Waals surface area contributed by atoms with E-state index in [9.17, 15) is 14.0 Å². The molecule has 132 valence electrons. The van der Waals surface area contributed by atoms with E-state index in [-0.39, 0.29) is 29.8 Å². The van der Waals surface area contributed by atoms with Gasteiger partial charge in [-0.05, 0) is 30.2 Å². The molecule has 2 rings (SSSR count). The number of anilines is 1. The van der Waals surface area contributed by atoms with Gasteiger partial charge in [-0.3, -0.25) is 9.59 Å². The Morgan fingerprint density at radius 1 is 1.12 bits per heavy atom. The summed E-state index contributed by atoms with van der Waals surface area (Å²) in [5.41, 5.74) is 0.865. The number of carbonyl (C=O) groups is 2. The Morgan fingerprint density at radius 2 is 1.84 bits per heavy atom. The fourth-order valence-corrected chi connectivity index (χ4v) is 2.62. The van der Waals surface area contributed by atoms with Gasteiger partial charge in [0.25, 0.3) is 0 Å². The van der Waals surface area contributed by atoms with Gasteiger partial charge in [0.1, 0.15) is 5.82 Å². The highest BCUT2D eigenvalue weighted by Crippen LogP contribution is 2.29. The zero-order valence-electron chi connectivity index (χ0n) is 13.6. The molecule has 0 radical (unpaired) electrons. The van der Waals surface area contributed by atoms with E-state index >= 15 is 0 Å². The molecule has 0 aliphatic rings. The van der Waals surface area contributed by atoms with Gasteiger partial charge < -0.3 is 10.2 Å². The van der Waals surface area contributed by atoms with Crippen LogP contribution in [-0.2, 0) is 16.0 Å². The molecule has 0 aromatic heterocycles. The molecule has 25 heavy (non-hydrogen) atoms. The van der Waals surface area contributed by atoms with Crippen molar-refractivity contribution in [3.63, 3.8) is 0 Å². The third-order valence-corrected chi connectivity index (χ3v) is 4.43. The molecule has 0 unspecified atom stereocenters. The molecule has 0 saturated heterocycles. The van der Waals surface area contributed by atoms with Crippen molar-refractivity contribution in [1.29, 1.82) is 0 Å². The Bertz CT molecular complexity index is 783. The number of amides is 2.